The van der Waals surface area contributed by atoms with Gasteiger partial charge in [0.15, 0.2) is 0 Å². The molecule has 252 valence electrons. The summed E-state index contributed by atoms with van der Waals surface area (Å²) in [5, 5.41) is 35.9. The SMILES string of the molecule is CCOc1cc(F)c(-c2nc(CC(C)(C)C(=O)Nc3cnc4c(c3N3C[C@H](C)[C@@H](O)[C@H](NC(=O)O)C3)CCC4O)ccc2F)c(F)c1. The average molecular weight is 658 g/mol. The number of ether oxygens (including phenoxy) is 1. The van der Waals surface area contributed by atoms with Gasteiger partial charge in [0.25, 0.3) is 0 Å². The zero-order valence-corrected chi connectivity index (χ0v) is 26.5. The maximum absolute atomic E-state index is 14.9. The number of halogens is 3. The van der Waals surface area contributed by atoms with Crippen LogP contribution in [0.4, 0.5) is 29.3 Å². The molecule has 0 saturated carbocycles. The summed E-state index contributed by atoms with van der Waals surface area (Å²) in [7, 11) is 0. The Morgan fingerprint density at radius 1 is 1.11 bits per heavy atom. The van der Waals surface area contributed by atoms with Gasteiger partial charge in [-0.05, 0) is 31.9 Å². The molecule has 1 aliphatic carbocycles. The number of rotatable bonds is 9. The summed E-state index contributed by atoms with van der Waals surface area (Å²) in [4.78, 5) is 35.8. The first-order chi connectivity index (χ1) is 22.2. The van der Waals surface area contributed by atoms with Crippen LogP contribution >= 0.6 is 0 Å². The van der Waals surface area contributed by atoms with Crippen LogP contribution in [0.15, 0.2) is 30.5 Å². The summed E-state index contributed by atoms with van der Waals surface area (Å²) < 4.78 is 49.9. The van der Waals surface area contributed by atoms with E-state index in [4.69, 9.17) is 4.74 Å². The molecule has 11 nitrogen and oxygen atoms in total. The first kappa shape index (κ1) is 33.9. The Labute approximate surface area is 269 Å². The molecular formula is C33H38F3N5O6. The van der Waals surface area contributed by atoms with Crippen LogP contribution in [0.1, 0.15) is 57.2 Å². The van der Waals surface area contributed by atoms with Crippen molar-refractivity contribution in [3.8, 4) is 17.0 Å². The Balaban J connectivity index is 1.43. The van der Waals surface area contributed by atoms with Gasteiger partial charge in [-0.3, -0.25) is 9.78 Å². The highest BCUT2D eigenvalue weighted by Crippen LogP contribution is 2.42. The number of carboxylic acid groups (broad SMARTS) is 1. The van der Waals surface area contributed by atoms with E-state index in [2.05, 4.69) is 20.6 Å². The van der Waals surface area contributed by atoms with Crippen molar-refractivity contribution in [1.82, 2.24) is 15.3 Å². The van der Waals surface area contributed by atoms with Gasteiger partial charge in [0.1, 0.15) is 28.9 Å². The normalized spacial score (nSPS) is 20.9. The lowest BCUT2D eigenvalue weighted by molar-refractivity contribution is -0.123. The van der Waals surface area contributed by atoms with E-state index in [0.29, 0.717) is 36.5 Å². The van der Waals surface area contributed by atoms with Gasteiger partial charge in [-0.25, -0.2) is 22.9 Å². The first-order valence-corrected chi connectivity index (χ1v) is 15.4. The minimum atomic E-state index is -1.28. The number of amides is 2. The minimum Gasteiger partial charge on any atom is -0.494 e. The van der Waals surface area contributed by atoms with E-state index in [1.54, 1.807) is 27.7 Å². The molecule has 1 unspecified atom stereocenters. The molecule has 3 aromatic rings. The van der Waals surface area contributed by atoms with Crippen molar-refractivity contribution in [2.24, 2.45) is 11.3 Å². The third kappa shape index (κ3) is 6.98. The van der Waals surface area contributed by atoms with E-state index >= 15 is 0 Å². The van der Waals surface area contributed by atoms with Gasteiger partial charge in [-0.15, -0.1) is 0 Å². The van der Waals surface area contributed by atoms with Crippen LogP contribution in [0.2, 0.25) is 0 Å². The molecule has 0 spiro atoms. The van der Waals surface area contributed by atoms with Crippen LogP contribution in [0.25, 0.3) is 11.3 Å². The van der Waals surface area contributed by atoms with Crippen LogP contribution in [0, 0.1) is 28.8 Å². The van der Waals surface area contributed by atoms with Gasteiger partial charge in [0.2, 0.25) is 5.91 Å². The number of hydrogen-bond donors (Lipinski definition) is 5. The summed E-state index contributed by atoms with van der Waals surface area (Å²) in [5.41, 5.74) is -0.0482. The van der Waals surface area contributed by atoms with Gasteiger partial charge < -0.3 is 35.6 Å². The number of fused-ring (bicyclic) bond motifs is 1. The predicted molar refractivity (Wildman–Crippen MR) is 167 cm³/mol. The highest BCUT2D eigenvalue weighted by atomic mass is 19.1. The minimum absolute atomic E-state index is 0.0314. The number of pyridine rings is 2. The number of nitrogens with zero attached hydrogens (tertiary/aromatic N) is 3. The zero-order chi connectivity index (χ0) is 34.2. The van der Waals surface area contributed by atoms with Gasteiger partial charge in [-0.2, -0.15) is 0 Å². The number of aliphatic hydroxyl groups excluding tert-OH is 2. The molecule has 0 bridgehead atoms. The summed E-state index contributed by atoms with van der Waals surface area (Å²) in [6.45, 7) is 7.37. The van der Waals surface area contributed by atoms with Gasteiger partial charge in [0, 0.05) is 54.2 Å². The fourth-order valence-electron chi connectivity index (χ4n) is 6.31. The average Bonchev–Trinajstić information content (AvgIpc) is 3.36. The number of carbonyl (C=O) groups excluding carboxylic acids is 1. The van der Waals surface area contributed by atoms with Gasteiger partial charge in [0.05, 0.1) is 53.7 Å². The van der Waals surface area contributed by atoms with Gasteiger partial charge in [-0.1, -0.05) is 20.8 Å². The molecule has 2 amide bonds. The van der Waals surface area contributed by atoms with E-state index in [1.165, 1.54) is 12.3 Å². The standard InChI is InChI=1S/C33H38F3N5O6/c1-5-47-18-10-21(35)26(22(36)11-18)28-20(34)8-6-17(38-28)12-33(3,4)31(44)39-23-13-37-27-19(7-9-25(27)42)29(23)41-14-16(2)30(43)24(15-41)40-32(45)46/h6,8,10-11,13,16,24-25,30,40,42-43H,5,7,9,12,14-15H2,1-4H3,(H,39,44)(H,45,46)/t16-,24+,25?,30+/m0/s1. The third-order valence-corrected chi connectivity index (χ3v) is 8.67. The van der Waals surface area contributed by atoms with Crippen LogP contribution in [-0.2, 0) is 17.6 Å². The van der Waals surface area contributed by atoms with Crippen LogP contribution in [0.5, 0.6) is 5.75 Å². The van der Waals surface area contributed by atoms with E-state index in [1.807, 2.05) is 4.90 Å². The monoisotopic (exact) mass is 657 g/mol. The second kappa shape index (κ2) is 13.4. The van der Waals surface area contributed by atoms with Gasteiger partial charge >= 0.3 is 6.09 Å². The largest absolute Gasteiger partial charge is 0.494 e. The lowest BCUT2D eigenvalue weighted by Crippen LogP contribution is -2.58. The van der Waals surface area contributed by atoms with E-state index in [9.17, 15) is 38.1 Å². The summed E-state index contributed by atoms with van der Waals surface area (Å²) in [6.07, 6.45) is -0.702. The first-order valence-electron chi connectivity index (χ1n) is 15.4. The number of piperidine rings is 1. The second-order valence-electron chi connectivity index (χ2n) is 12.7. The Morgan fingerprint density at radius 2 is 1.81 bits per heavy atom. The molecular weight excluding hydrogens is 619 g/mol. The summed E-state index contributed by atoms with van der Waals surface area (Å²) in [6, 6.07) is 3.49. The van der Waals surface area contributed by atoms with Crippen LogP contribution in [-0.4, -0.2) is 69.1 Å². The number of aliphatic hydroxyl groups is 2. The highest BCUT2D eigenvalue weighted by Gasteiger charge is 2.39. The van der Waals surface area contributed by atoms with Crippen molar-refractivity contribution in [2.45, 2.75) is 65.2 Å². The van der Waals surface area contributed by atoms with Crippen LogP contribution < -0.4 is 20.3 Å². The smallest absolute Gasteiger partial charge is 0.405 e. The third-order valence-electron chi connectivity index (χ3n) is 8.67. The molecule has 47 heavy (non-hydrogen) atoms. The van der Waals surface area contributed by atoms with Crippen molar-refractivity contribution >= 4 is 23.4 Å². The Kier molecular flexibility index (Phi) is 9.64. The Bertz CT molecular complexity index is 1670. The summed E-state index contributed by atoms with van der Waals surface area (Å²) >= 11 is 0. The quantitative estimate of drug-likeness (QED) is 0.222. The zero-order valence-electron chi connectivity index (χ0n) is 26.5. The number of hydrogen-bond acceptors (Lipinski definition) is 8. The van der Waals surface area contributed by atoms with Crippen molar-refractivity contribution in [2.75, 3.05) is 29.9 Å². The maximum Gasteiger partial charge on any atom is 0.405 e. The lowest BCUT2D eigenvalue weighted by Gasteiger charge is -2.42. The molecule has 2 aromatic heterocycles. The Hall–Kier alpha value is -4.43. The molecule has 1 aliphatic heterocycles. The number of benzene rings is 1. The molecule has 5 rings (SSSR count). The molecule has 5 N–H and O–H groups in total. The molecule has 1 aromatic carbocycles. The topological polar surface area (TPSA) is 157 Å². The van der Waals surface area contributed by atoms with Crippen molar-refractivity contribution in [1.29, 1.82) is 0 Å². The maximum atomic E-state index is 14.9. The van der Waals surface area contributed by atoms with E-state index in [0.717, 1.165) is 23.8 Å². The van der Waals surface area contributed by atoms with Crippen molar-refractivity contribution in [3.63, 3.8) is 0 Å². The van der Waals surface area contributed by atoms with Crippen molar-refractivity contribution < 1.29 is 42.8 Å². The lowest BCUT2D eigenvalue weighted by atomic mass is 9.86. The molecule has 3 heterocycles. The molecule has 1 saturated heterocycles. The van der Waals surface area contributed by atoms with Crippen LogP contribution in [0.3, 0.4) is 0 Å². The van der Waals surface area contributed by atoms with E-state index in [-0.39, 0.29) is 36.9 Å². The summed E-state index contributed by atoms with van der Waals surface area (Å²) in [5.74, 6) is -3.87. The molecule has 4 atom stereocenters. The highest BCUT2D eigenvalue weighted by molar-refractivity contribution is 5.98. The number of nitrogens with one attached hydrogen (secondary N) is 2. The number of aromatic nitrogens is 2. The van der Waals surface area contributed by atoms with E-state index < -0.39 is 64.4 Å². The second-order valence-corrected chi connectivity index (χ2v) is 12.7. The van der Waals surface area contributed by atoms with Crippen molar-refractivity contribution in [3.05, 3.63) is 64.9 Å². The molecule has 0 radical (unpaired) electrons. The fraction of sp³-hybridized carbons (Fsp3) is 0.455. The molecule has 1 fully saturated rings. The number of carbonyl (C=O) groups is 2. The molecule has 14 heteroatoms. The predicted octanol–water partition coefficient (Wildman–Crippen LogP) is 4.60. The molecule has 2 aliphatic rings. The Morgan fingerprint density at radius 3 is 2.47 bits per heavy atom. The fourth-order valence-corrected chi connectivity index (χ4v) is 6.31. The number of anilines is 2.